The minimum absolute atomic E-state index is 0.155. The normalized spacial score (nSPS) is 14.1. The first-order valence-corrected chi connectivity index (χ1v) is 11.7. The number of rotatable bonds is 6. The van der Waals surface area contributed by atoms with Gasteiger partial charge in [0.15, 0.2) is 0 Å². The summed E-state index contributed by atoms with van der Waals surface area (Å²) in [5, 5.41) is 0. The molecule has 1 aromatic heterocycles. The number of furan rings is 1. The molecule has 1 amide bonds. The lowest BCUT2D eigenvalue weighted by atomic mass is 10.0. The summed E-state index contributed by atoms with van der Waals surface area (Å²) >= 11 is 0. The van der Waals surface area contributed by atoms with Crippen LogP contribution >= 0.6 is 0 Å². The van der Waals surface area contributed by atoms with Gasteiger partial charge in [0.1, 0.15) is 12.3 Å². The first-order valence-electron chi connectivity index (χ1n) is 10.2. The van der Waals surface area contributed by atoms with Crippen molar-refractivity contribution in [3.05, 3.63) is 83.8 Å². The molecule has 10 heteroatoms. The van der Waals surface area contributed by atoms with Crippen molar-refractivity contribution in [2.24, 2.45) is 0 Å². The molecule has 0 radical (unpaired) electrons. The summed E-state index contributed by atoms with van der Waals surface area (Å²) in [4.78, 5) is 13.4. The second-order valence-electron chi connectivity index (χ2n) is 7.69. The lowest BCUT2D eigenvalue weighted by Gasteiger charge is -2.30. The fourth-order valence-electron chi connectivity index (χ4n) is 3.85. The van der Waals surface area contributed by atoms with Crippen molar-refractivity contribution in [2.45, 2.75) is 30.5 Å². The van der Waals surface area contributed by atoms with E-state index in [4.69, 9.17) is 4.42 Å². The molecule has 0 aliphatic carbocycles. The van der Waals surface area contributed by atoms with Crippen LogP contribution in [0.15, 0.2) is 76.2 Å². The van der Waals surface area contributed by atoms with Gasteiger partial charge < -0.3 is 9.32 Å². The zero-order chi connectivity index (χ0) is 23.6. The highest BCUT2D eigenvalue weighted by Gasteiger charge is 2.35. The number of alkyl halides is 3. The highest BCUT2D eigenvalue weighted by atomic mass is 32.2. The molecule has 1 aliphatic heterocycles. The average Bonchev–Trinajstić information content (AvgIpc) is 3.30. The van der Waals surface area contributed by atoms with Gasteiger partial charge in [-0.3, -0.25) is 9.10 Å². The molecule has 2 aromatic carbocycles. The van der Waals surface area contributed by atoms with E-state index in [2.05, 4.69) is 0 Å². The summed E-state index contributed by atoms with van der Waals surface area (Å²) in [6.45, 7) is -1.62. The molecule has 0 N–H and O–H groups in total. The molecule has 3 aromatic rings. The number of halogens is 3. The van der Waals surface area contributed by atoms with Crippen LogP contribution in [0.3, 0.4) is 0 Å². The maximum atomic E-state index is 13.4. The van der Waals surface area contributed by atoms with Crippen molar-refractivity contribution in [1.29, 1.82) is 0 Å². The zero-order valence-corrected chi connectivity index (χ0v) is 18.3. The van der Waals surface area contributed by atoms with Gasteiger partial charge in [-0.2, -0.15) is 13.2 Å². The first kappa shape index (κ1) is 22.9. The molecule has 2 heterocycles. The van der Waals surface area contributed by atoms with E-state index in [0.29, 0.717) is 17.0 Å². The van der Waals surface area contributed by atoms with Crippen LogP contribution in [0.1, 0.15) is 28.1 Å². The molecular formula is C23H21F3N2O4S. The average molecular weight is 478 g/mol. The molecule has 174 valence electrons. The number of anilines is 1. The Balaban J connectivity index is 1.66. The van der Waals surface area contributed by atoms with Crippen LogP contribution < -0.4 is 4.31 Å². The molecule has 0 fully saturated rings. The molecular weight excluding hydrogens is 457 g/mol. The standard InChI is InChI=1S/C23H21F3N2O4S/c24-23(25,26)16-27(15-19-9-5-13-32-19)22(29)18-7-3-10-20(14-18)33(30,31)28-12-4-8-17-6-1-2-11-21(17)28/h1-3,5-7,9-11,13-14H,4,8,12,15-16H2. The third kappa shape index (κ3) is 5.05. The van der Waals surface area contributed by atoms with Crippen LogP contribution in [0.5, 0.6) is 0 Å². The van der Waals surface area contributed by atoms with Gasteiger partial charge in [-0.1, -0.05) is 24.3 Å². The van der Waals surface area contributed by atoms with E-state index < -0.39 is 35.2 Å². The molecule has 0 spiro atoms. The summed E-state index contributed by atoms with van der Waals surface area (Å²) < 4.78 is 72.6. The number of sulfonamides is 1. The van der Waals surface area contributed by atoms with Gasteiger partial charge in [-0.15, -0.1) is 0 Å². The lowest BCUT2D eigenvalue weighted by Crippen LogP contribution is -2.38. The van der Waals surface area contributed by atoms with Gasteiger partial charge in [0, 0.05) is 12.1 Å². The van der Waals surface area contributed by atoms with E-state index >= 15 is 0 Å². The summed E-state index contributed by atoms with van der Waals surface area (Å²) in [7, 11) is -4.02. The van der Waals surface area contributed by atoms with Crippen molar-refractivity contribution < 1.29 is 30.8 Å². The molecule has 6 nitrogen and oxygen atoms in total. The summed E-state index contributed by atoms with van der Waals surface area (Å²) in [6.07, 6.45) is -1.95. The van der Waals surface area contributed by atoms with Crippen molar-refractivity contribution in [3.8, 4) is 0 Å². The van der Waals surface area contributed by atoms with Gasteiger partial charge in [0.05, 0.1) is 23.4 Å². The SMILES string of the molecule is O=C(c1cccc(S(=O)(=O)N2CCCc3ccccc32)c1)N(Cc1ccco1)CC(F)(F)F. The van der Waals surface area contributed by atoms with Crippen LogP contribution in [0.2, 0.25) is 0 Å². The fraction of sp³-hybridized carbons (Fsp3) is 0.261. The first-order chi connectivity index (χ1) is 15.6. The number of fused-ring (bicyclic) bond motifs is 1. The number of amides is 1. The maximum Gasteiger partial charge on any atom is 0.406 e. The van der Waals surface area contributed by atoms with E-state index in [-0.39, 0.29) is 22.8 Å². The molecule has 0 unspecified atom stereocenters. The van der Waals surface area contributed by atoms with E-state index in [1.807, 2.05) is 12.1 Å². The Labute approximate surface area is 189 Å². The highest BCUT2D eigenvalue weighted by molar-refractivity contribution is 7.92. The van der Waals surface area contributed by atoms with E-state index in [1.165, 1.54) is 40.9 Å². The van der Waals surface area contributed by atoms with Gasteiger partial charge in [0.25, 0.3) is 15.9 Å². The molecule has 0 saturated carbocycles. The largest absolute Gasteiger partial charge is 0.467 e. The maximum absolute atomic E-state index is 13.4. The highest BCUT2D eigenvalue weighted by Crippen LogP contribution is 2.32. The molecule has 1 aliphatic rings. The fourth-order valence-corrected chi connectivity index (χ4v) is 5.44. The third-order valence-electron chi connectivity index (χ3n) is 5.32. The van der Waals surface area contributed by atoms with Crippen LogP contribution in [0.25, 0.3) is 0 Å². The number of carbonyl (C=O) groups is 1. The van der Waals surface area contributed by atoms with Crippen LogP contribution in [-0.2, 0) is 23.0 Å². The number of benzene rings is 2. The van der Waals surface area contributed by atoms with Gasteiger partial charge in [-0.05, 0) is 54.8 Å². The molecule has 33 heavy (non-hydrogen) atoms. The van der Waals surface area contributed by atoms with E-state index in [1.54, 1.807) is 12.1 Å². The minimum Gasteiger partial charge on any atom is -0.467 e. The van der Waals surface area contributed by atoms with E-state index in [9.17, 15) is 26.4 Å². The zero-order valence-electron chi connectivity index (χ0n) is 17.5. The summed E-state index contributed by atoms with van der Waals surface area (Å²) in [5.74, 6) is -0.763. The molecule has 4 rings (SSSR count). The second kappa shape index (κ2) is 8.93. The van der Waals surface area contributed by atoms with Gasteiger partial charge in [-0.25, -0.2) is 8.42 Å². The van der Waals surface area contributed by atoms with Gasteiger partial charge in [0.2, 0.25) is 0 Å². The monoisotopic (exact) mass is 478 g/mol. The quantitative estimate of drug-likeness (QED) is 0.518. The van der Waals surface area contributed by atoms with Gasteiger partial charge >= 0.3 is 6.18 Å². The van der Waals surface area contributed by atoms with Crippen molar-refractivity contribution in [1.82, 2.24) is 4.90 Å². The topological polar surface area (TPSA) is 70.8 Å². The summed E-state index contributed by atoms with van der Waals surface area (Å²) in [6, 6.07) is 15.3. The van der Waals surface area contributed by atoms with E-state index in [0.717, 1.165) is 18.1 Å². The van der Waals surface area contributed by atoms with Crippen molar-refractivity contribution >= 4 is 21.6 Å². The number of hydrogen-bond acceptors (Lipinski definition) is 4. The number of hydrogen-bond donors (Lipinski definition) is 0. The van der Waals surface area contributed by atoms with Crippen molar-refractivity contribution in [3.63, 3.8) is 0 Å². The predicted molar refractivity (Wildman–Crippen MR) is 115 cm³/mol. The Morgan fingerprint density at radius 3 is 2.58 bits per heavy atom. The Morgan fingerprint density at radius 2 is 1.85 bits per heavy atom. The third-order valence-corrected chi connectivity index (χ3v) is 7.13. The smallest absolute Gasteiger partial charge is 0.406 e. The number of aryl methyl sites for hydroxylation is 1. The Hall–Kier alpha value is -3.27. The second-order valence-corrected chi connectivity index (χ2v) is 9.56. The van der Waals surface area contributed by atoms with Crippen molar-refractivity contribution in [2.75, 3.05) is 17.4 Å². The Bertz CT molecular complexity index is 1240. The van der Waals surface area contributed by atoms with Crippen LogP contribution in [0, 0.1) is 0 Å². The predicted octanol–water partition coefficient (Wildman–Crippen LogP) is 4.63. The Kier molecular flexibility index (Phi) is 6.20. The number of para-hydroxylation sites is 1. The number of nitrogens with zero attached hydrogens (tertiary/aromatic N) is 2. The minimum atomic E-state index is -4.64. The Morgan fingerprint density at radius 1 is 1.06 bits per heavy atom. The number of carbonyl (C=O) groups excluding carboxylic acids is 1. The summed E-state index contributed by atoms with van der Waals surface area (Å²) in [5.41, 5.74) is 1.31. The van der Waals surface area contributed by atoms with Crippen LogP contribution in [-0.4, -0.2) is 38.5 Å². The molecule has 0 saturated heterocycles. The molecule has 0 atom stereocenters. The van der Waals surface area contributed by atoms with Crippen LogP contribution in [0.4, 0.5) is 18.9 Å². The molecule has 0 bridgehead atoms. The lowest BCUT2D eigenvalue weighted by molar-refractivity contribution is -0.142.